The zero-order valence-corrected chi connectivity index (χ0v) is 21.4. The van der Waals surface area contributed by atoms with E-state index in [0.717, 1.165) is 21.9 Å². The normalized spacial score (nSPS) is 13.2. The highest BCUT2D eigenvalue weighted by Gasteiger charge is 2.24. The van der Waals surface area contributed by atoms with Crippen molar-refractivity contribution in [1.82, 2.24) is 5.32 Å². The van der Waals surface area contributed by atoms with E-state index < -0.39 is 23.6 Å². The Morgan fingerprint density at radius 1 is 1.00 bits per heavy atom. The number of hydrogen-bond acceptors (Lipinski definition) is 6. The largest absolute Gasteiger partial charge is 0.466 e. The number of amides is 2. The van der Waals surface area contributed by atoms with Gasteiger partial charge in [-0.2, -0.15) is 0 Å². The number of carbonyl (C=O) groups excluding carboxylic acids is 3. The number of aryl methyl sites for hydroxylation is 1. The lowest BCUT2D eigenvalue weighted by atomic mass is 10.0. The van der Waals surface area contributed by atoms with Crippen molar-refractivity contribution in [2.45, 2.75) is 84.7 Å². The lowest BCUT2D eigenvalue weighted by Gasteiger charge is -2.27. The summed E-state index contributed by atoms with van der Waals surface area (Å²) in [5.41, 5.74) is 6.70. The van der Waals surface area contributed by atoms with E-state index in [1.165, 1.54) is 0 Å². The Morgan fingerprint density at radius 2 is 1.66 bits per heavy atom. The van der Waals surface area contributed by atoms with Gasteiger partial charge in [-0.3, -0.25) is 9.59 Å². The Balaban J connectivity index is 2.04. The number of nitrogens with one attached hydrogen (secondary N) is 1. The van der Waals surface area contributed by atoms with Crippen LogP contribution in [0.2, 0.25) is 0 Å². The Kier molecular flexibility index (Phi) is 10.5. The molecule has 0 saturated heterocycles. The summed E-state index contributed by atoms with van der Waals surface area (Å²) in [6.07, 6.45) is 0.481. The number of primary amides is 1. The van der Waals surface area contributed by atoms with Gasteiger partial charge in [0.1, 0.15) is 5.60 Å². The van der Waals surface area contributed by atoms with Gasteiger partial charge in [-0.25, -0.2) is 4.79 Å². The molecule has 35 heavy (non-hydrogen) atoms. The topological polar surface area (TPSA) is 117 Å². The fourth-order valence-electron chi connectivity index (χ4n) is 3.60. The molecular formula is C27H38N2O6. The second kappa shape index (κ2) is 13.1. The van der Waals surface area contributed by atoms with Crippen LogP contribution < -0.4 is 11.1 Å². The van der Waals surface area contributed by atoms with Crippen LogP contribution in [-0.4, -0.2) is 42.3 Å². The van der Waals surface area contributed by atoms with Crippen LogP contribution in [-0.2, 0) is 36.8 Å². The van der Waals surface area contributed by atoms with E-state index in [1.807, 2.05) is 31.2 Å². The summed E-state index contributed by atoms with van der Waals surface area (Å²) >= 11 is 0. The zero-order valence-electron chi connectivity index (χ0n) is 21.4. The number of nitrogens with two attached hydrogens (primary N) is 1. The second-order valence-corrected chi connectivity index (χ2v) is 9.59. The third-order valence-corrected chi connectivity index (χ3v) is 5.38. The van der Waals surface area contributed by atoms with Crippen LogP contribution in [0.25, 0.3) is 10.8 Å². The Bertz CT molecular complexity index is 1010. The molecule has 8 nitrogen and oxygen atoms in total. The van der Waals surface area contributed by atoms with E-state index in [0.29, 0.717) is 32.5 Å². The molecule has 0 radical (unpaired) electrons. The molecule has 0 aliphatic rings. The first kappa shape index (κ1) is 28.1. The molecule has 8 heteroatoms. The molecule has 2 aromatic rings. The molecule has 2 aromatic carbocycles. The van der Waals surface area contributed by atoms with Gasteiger partial charge in [0.2, 0.25) is 5.91 Å². The summed E-state index contributed by atoms with van der Waals surface area (Å²) in [7, 11) is 0. The molecule has 3 N–H and O–H groups in total. The average molecular weight is 487 g/mol. The number of fused-ring (bicyclic) bond motifs is 1. The molecule has 2 unspecified atom stereocenters. The number of rotatable bonds is 12. The second-order valence-electron chi connectivity index (χ2n) is 9.59. The number of esters is 1. The van der Waals surface area contributed by atoms with Crippen LogP contribution in [0.1, 0.15) is 65.0 Å². The summed E-state index contributed by atoms with van der Waals surface area (Å²) in [4.78, 5) is 35.2. The van der Waals surface area contributed by atoms with Crippen LogP contribution in [0.5, 0.6) is 0 Å². The van der Waals surface area contributed by atoms with E-state index in [-0.39, 0.29) is 18.5 Å². The fraction of sp³-hybridized carbons (Fsp3) is 0.519. The smallest absolute Gasteiger partial charge is 0.407 e. The van der Waals surface area contributed by atoms with Crippen molar-refractivity contribution in [3.05, 3.63) is 47.5 Å². The van der Waals surface area contributed by atoms with Crippen molar-refractivity contribution in [2.24, 2.45) is 5.73 Å². The maximum atomic E-state index is 12.3. The third-order valence-electron chi connectivity index (χ3n) is 5.38. The zero-order chi connectivity index (χ0) is 26.0. The maximum absolute atomic E-state index is 12.3. The molecule has 2 atom stereocenters. The third kappa shape index (κ3) is 10.3. The van der Waals surface area contributed by atoms with Gasteiger partial charge in [0.25, 0.3) is 0 Å². The fourth-order valence-corrected chi connectivity index (χ4v) is 3.60. The standard InChI is InChI=1S/C27H38N2O6/c1-6-33-25(31)14-9-19-7-10-21-11-8-20(16-22(21)15-19)17-34-18(2)23(12-13-24(28)30)29-26(32)35-27(3,4)5/h7-8,10-11,15-16,18,23H,6,9,12-14,17H2,1-5H3,(H2,28,30)(H,29,32). The monoisotopic (exact) mass is 486 g/mol. The quantitative estimate of drug-likeness (QED) is 0.430. The lowest BCUT2D eigenvalue weighted by molar-refractivity contribution is -0.143. The first-order valence-corrected chi connectivity index (χ1v) is 12.0. The molecule has 0 aromatic heterocycles. The molecule has 192 valence electrons. The van der Waals surface area contributed by atoms with E-state index in [1.54, 1.807) is 27.7 Å². The van der Waals surface area contributed by atoms with E-state index in [4.69, 9.17) is 19.9 Å². The first-order valence-electron chi connectivity index (χ1n) is 12.0. The molecule has 0 spiro atoms. The number of hydrogen-bond donors (Lipinski definition) is 2. The van der Waals surface area contributed by atoms with Gasteiger partial charge >= 0.3 is 12.1 Å². The van der Waals surface area contributed by atoms with Crippen LogP contribution in [0.4, 0.5) is 4.79 Å². The minimum Gasteiger partial charge on any atom is -0.466 e. The molecule has 0 bridgehead atoms. The van der Waals surface area contributed by atoms with Crippen molar-refractivity contribution >= 4 is 28.7 Å². The van der Waals surface area contributed by atoms with Gasteiger partial charge in [-0.1, -0.05) is 30.3 Å². The summed E-state index contributed by atoms with van der Waals surface area (Å²) < 4.78 is 16.4. The van der Waals surface area contributed by atoms with Gasteiger partial charge < -0.3 is 25.3 Å². The lowest BCUT2D eigenvalue weighted by Crippen LogP contribution is -2.45. The minimum absolute atomic E-state index is 0.124. The summed E-state index contributed by atoms with van der Waals surface area (Å²) in [6.45, 7) is 9.71. The summed E-state index contributed by atoms with van der Waals surface area (Å²) in [6, 6.07) is 11.8. The van der Waals surface area contributed by atoms with Crippen molar-refractivity contribution in [3.8, 4) is 0 Å². The Labute approximate surface area is 207 Å². The van der Waals surface area contributed by atoms with Crippen LogP contribution in [0, 0.1) is 0 Å². The molecular weight excluding hydrogens is 448 g/mol. The molecule has 0 aliphatic carbocycles. The predicted molar refractivity (Wildman–Crippen MR) is 135 cm³/mol. The molecule has 2 rings (SSSR count). The average Bonchev–Trinajstić information content (AvgIpc) is 2.77. The van der Waals surface area contributed by atoms with Crippen molar-refractivity contribution < 1.29 is 28.6 Å². The Morgan fingerprint density at radius 3 is 2.29 bits per heavy atom. The molecule has 2 amide bonds. The van der Waals surface area contributed by atoms with Crippen molar-refractivity contribution in [1.29, 1.82) is 0 Å². The maximum Gasteiger partial charge on any atom is 0.407 e. The van der Waals surface area contributed by atoms with E-state index in [2.05, 4.69) is 17.4 Å². The number of ether oxygens (including phenoxy) is 3. The van der Waals surface area contributed by atoms with Gasteiger partial charge in [-0.15, -0.1) is 0 Å². The van der Waals surface area contributed by atoms with E-state index >= 15 is 0 Å². The Hall–Kier alpha value is -3.13. The number of benzene rings is 2. The minimum atomic E-state index is -0.636. The van der Waals surface area contributed by atoms with Gasteiger partial charge in [-0.05, 0) is 75.4 Å². The molecule has 0 heterocycles. The number of alkyl carbamates (subject to hydrolysis) is 1. The first-order chi connectivity index (χ1) is 16.5. The van der Waals surface area contributed by atoms with Gasteiger partial charge in [0.15, 0.2) is 0 Å². The highest BCUT2D eigenvalue weighted by atomic mass is 16.6. The highest BCUT2D eigenvalue weighted by Crippen LogP contribution is 2.20. The van der Waals surface area contributed by atoms with Gasteiger partial charge in [0, 0.05) is 12.8 Å². The predicted octanol–water partition coefficient (Wildman–Crippen LogP) is 4.40. The van der Waals surface area contributed by atoms with Gasteiger partial charge in [0.05, 0.1) is 25.4 Å². The molecule has 0 fully saturated rings. The van der Waals surface area contributed by atoms with Crippen molar-refractivity contribution in [2.75, 3.05) is 6.61 Å². The summed E-state index contributed by atoms with van der Waals surface area (Å²) in [5, 5.41) is 4.95. The number of carbonyl (C=O) groups is 3. The van der Waals surface area contributed by atoms with Crippen molar-refractivity contribution in [3.63, 3.8) is 0 Å². The van der Waals surface area contributed by atoms with Crippen LogP contribution in [0.15, 0.2) is 36.4 Å². The molecule has 0 saturated carbocycles. The SMILES string of the molecule is CCOC(=O)CCc1ccc2ccc(COC(C)C(CCC(N)=O)NC(=O)OC(C)(C)C)cc2c1. The van der Waals surface area contributed by atoms with Crippen LogP contribution in [0.3, 0.4) is 0 Å². The summed E-state index contributed by atoms with van der Waals surface area (Å²) in [5.74, 6) is -0.643. The van der Waals surface area contributed by atoms with Crippen LogP contribution >= 0.6 is 0 Å². The highest BCUT2D eigenvalue weighted by molar-refractivity contribution is 5.84. The van der Waals surface area contributed by atoms with E-state index in [9.17, 15) is 14.4 Å². The molecule has 0 aliphatic heterocycles.